The van der Waals surface area contributed by atoms with Crippen LogP contribution in [0.5, 0.6) is 5.75 Å². The lowest BCUT2D eigenvalue weighted by molar-refractivity contribution is -0.117. The predicted octanol–water partition coefficient (Wildman–Crippen LogP) is 3.40. The van der Waals surface area contributed by atoms with Crippen LogP contribution in [0.2, 0.25) is 10.0 Å². The number of nitrogens with one attached hydrogen (secondary N) is 1. The van der Waals surface area contributed by atoms with Crippen molar-refractivity contribution in [2.45, 2.75) is 0 Å². The van der Waals surface area contributed by atoms with E-state index in [4.69, 9.17) is 27.9 Å². The zero-order valence-electron chi connectivity index (χ0n) is 15.5. The minimum Gasteiger partial charge on any atom is -0.496 e. The third-order valence-electron chi connectivity index (χ3n) is 4.57. The highest BCUT2D eigenvalue weighted by molar-refractivity contribution is 6.33. The van der Waals surface area contributed by atoms with Crippen molar-refractivity contribution in [2.75, 3.05) is 45.2 Å². The molecule has 0 aromatic heterocycles. The SMILES string of the molecule is COc1ccc(Cl)cc1C(=O)N1CCN(CC(=O)Nc2ccccc2Cl)CC1. The summed E-state index contributed by atoms with van der Waals surface area (Å²) in [6.07, 6.45) is 0. The van der Waals surface area contributed by atoms with Crippen LogP contribution in [-0.2, 0) is 4.79 Å². The molecule has 2 aromatic rings. The number of para-hydroxylation sites is 1. The van der Waals surface area contributed by atoms with Gasteiger partial charge in [-0.3, -0.25) is 14.5 Å². The lowest BCUT2D eigenvalue weighted by atomic mass is 10.1. The van der Waals surface area contributed by atoms with E-state index < -0.39 is 0 Å². The van der Waals surface area contributed by atoms with Crippen LogP contribution in [0.15, 0.2) is 42.5 Å². The molecule has 0 spiro atoms. The molecule has 148 valence electrons. The van der Waals surface area contributed by atoms with Crippen molar-refractivity contribution in [2.24, 2.45) is 0 Å². The molecule has 0 bridgehead atoms. The number of carbonyl (C=O) groups is 2. The van der Waals surface area contributed by atoms with Gasteiger partial charge in [-0.05, 0) is 30.3 Å². The van der Waals surface area contributed by atoms with E-state index in [0.717, 1.165) is 0 Å². The lowest BCUT2D eigenvalue weighted by Gasteiger charge is -2.34. The minimum absolute atomic E-state index is 0.125. The summed E-state index contributed by atoms with van der Waals surface area (Å²) in [5, 5.41) is 3.80. The minimum atomic E-state index is -0.135. The number of ether oxygens (including phenoxy) is 1. The maximum atomic E-state index is 12.8. The van der Waals surface area contributed by atoms with Crippen molar-refractivity contribution in [3.63, 3.8) is 0 Å². The van der Waals surface area contributed by atoms with Gasteiger partial charge in [-0.15, -0.1) is 0 Å². The normalized spacial score (nSPS) is 14.6. The van der Waals surface area contributed by atoms with Gasteiger partial charge in [-0.2, -0.15) is 0 Å². The van der Waals surface area contributed by atoms with E-state index in [0.29, 0.717) is 53.2 Å². The Morgan fingerprint density at radius 3 is 2.46 bits per heavy atom. The Morgan fingerprint density at radius 2 is 1.79 bits per heavy atom. The Morgan fingerprint density at radius 1 is 1.07 bits per heavy atom. The molecule has 0 unspecified atom stereocenters. The van der Waals surface area contributed by atoms with Gasteiger partial charge in [0.2, 0.25) is 5.91 Å². The van der Waals surface area contributed by atoms with E-state index in [-0.39, 0.29) is 18.4 Å². The Labute approximate surface area is 174 Å². The van der Waals surface area contributed by atoms with Crippen molar-refractivity contribution >= 4 is 40.7 Å². The summed E-state index contributed by atoms with van der Waals surface area (Å²) < 4.78 is 5.27. The first-order valence-electron chi connectivity index (χ1n) is 8.87. The Balaban J connectivity index is 1.54. The molecule has 6 nitrogen and oxygen atoms in total. The summed E-state index contributed by atoms with van der Waals surface area (Å²) in [7, 11) is 1.52. The summed E-state index contributed by atoms with van der Waals surface area (Å²) in [6.45, 7) is 2.49. The number of carbonyl (C=O) groups excluding carboxylic acids is 2. The van der Waals surface area contributed by atoms with Gasteiger partial charge in [0, 0.05) is 31.2 Å². The smallest absolute Gasteiger partial charge is 0.257 e. The molecule has 3 rings (SSSR count). The summed E-state index contributed by atoms with van der Waals surface area (Å²) >= 11 is 12.1. The molecule has 28 heavy (non-hydrogen) atoms. The van der Waals surface area contributed by atoms with Crippen LogP contribution in [0.25, 0.3) is 0 Å². The monoisotopic (exact) mass is 421 g/mol. The van der Waals surface area contributed by atoms with Gasteiger partial charge in [0.1, 0.15) is 5.75 Å². The zero-order chi connectivity index (χ0) is 20.1. The topological polar surface area (TPSA) is 61.9 Å². The number of rotatable bonds is 5. The summed E-state index contributed by atoms with van der Waals surface area (Å²) in [5.41, 5.74) is 1.04. The van der Waals surface area contributed by atoms with Crippen molar-refractivity contribution < 1.29 is 14.3 Å². The molecule has 0 atom stereocenters. The fourth-order valence-electron chi connectivity index (χ4n) is 3.08. The number of nitrogens with zero attached hydrogens (tertiary/aromatic N) is 2. The summed E-state index contributed by atoms with van der Waals surface area (Å²) in [4.78, 5) is 28.8. The highest BCUT2D eigenvalue weighted by Gasteiger charge is 2.25. The van der Waals surface area contributed by atoms with Crippen LogP contribution in [0, 0.1) is 0 Å². The molecule has 8 heteroatoms. The highest BCUT2D eigenvalue weighted by atomic mass is 35.5. The average molecular weight is 422 g/mol. The quantitative estimate of drug-likeness (QED) is 0.803. The van der Waals surface area contributed by atoms with E-state index in [2.05, 4.69) is 5.32 Å². The van der Waals surface area contributed by atoms with Crippen LogP contribution in [0.3, 0.4) is 0 Å². The summed E-state index contributed by atoms with van der Waals surface area (Å²) in [6, 6.07) is 12.1. The number of halogens is 2. The van der Waals surface area contributed by atoms with Crippen LogP contribution in [0.1, 0.15) is 10.4 Å². The molecular weight excluding hydrogens is 401 g/mol. The number of methoxy groups -OCH3 is 1. The van der Waals surface area contributed by atoms with Gasteiger partial charge in [0.05, 0.1) is 29.9 Å². The van der Waals surface area contributed by atoms with E-state index in [1.807, 2.05) is 17.0 Å². The van der Waals surface area contributed by atoms with Gasteiger partial charge in [0.15, 0.2) is 0 Å². The number of anilines is 1. The molecule has 1 fully saturated rings. The lowest BCUT2D eigenvalue weighted by Crippen LogP contribution is -2.50. The van der Waals surface area contributed by atoms with Crippen LogP contribution in [-0.4, -0.2) is 61.4 Å². The Hall–Kier alpha value is -2.28. The zero-order valence-corrected chi connectivity index (χ0v) is 17.0. The first kappa shape index (κ1) is 20.5. The second-order valence-electron chi connectivity index (χ2n) is 6.44. The van der Waals surface area contributed by atoms with E-state index in [1.54, 1.807) is 35.2 Å². The maximum Gasteiger partial charge on any atom is 0.257 e. The first-order chi connectivity index (χ1) is 13.5. The van der Waals surface area contributed by atoms with E-state index in [9.17, 15) is 9.59 Å². The van der Waals surface area contributed by atoms with Crippen molar-refractivity contribution in [1.29, 1.82) is 0 Å². The molecule has 1 heterocycles. The molecule has 2 amide bonds. The van der Waals surface area contributed by atoms with E-state index >= 15 is 0 Å². The van der Waals surface area contributed by atoms with Crippen LogP contribution in [0.4, 0.5) is 5.69 Å². The second-order valence-corrected chi connectivity index (χ2v) is 7.28. The second kappa shape index (κ2) is 9.28. The number of benzene rings is 2. The molecular formula is C20H21Cl2N3O3. The standard InChI is InChI=1S/C20H21Cl2N3O3/c1-28-18-7-6-14(21)12-15(18)20(27)25-10-8-24(9-11-25)13-19(26)23-17-5-3-2-4-16(17)22/h2-7,12H,8-11,13H2,1H3,(H,23,26). The maximum absolute atomic E-state index is 12.8. The van der Waals surface area contributed by atoms with Gasteiger partial charge >= 0.3 is 0 Å². The van der Waals surface area contributed by atoms with Gasteiger partial charge < -0.3 is 15.0 Å². The highest BCUT2D eigenvalue weighted by Crippen LogP contribution is 2.24. The first-order valence-corrected chi connectivity index (χ1v) is 9.63. The third-order valence-corrected chi connectivity index (χ3v) is 5.13. The number of hydrogen-bond donors (Lipinski definition) is 1. The molecule has 0 aliphatic carbocycles. The van der Waals surface area contributed by atoms with Crippen molar-refractivity contribution in [1.82, 2.24) is 9.80 Å². The average Bonchev–Trinajstić information content (AvgIpc) is 2.69. The molecule has 1 aliphatic rings. The Bertz CT molecular complexity index is 868. The molecule has 1 aliphatic heterocycles. The predicted molar refractivity (Wildman–Crippen MR) is 110 cm³/mol. The molecule has 0 radical (unpaired) electrons. The summed E-state index contributed by atoms with van der Waals surface area (Å²) in [5.74, 6) is 0.236. The fourth-order valence-corrected chi connectivity index (χ4v) is 3.44. The number of hydrogen-bond acceptors (Lipinski definition) is 4. The van der Waals surface area contributed by atoms with E-state index in [1.165, 1.54) is 7.11 Å². The van der Waals surface area contributed by atoms with Gasteiger partial charge in [-0.1, -0.05) is 35.3 Å². The van der Waals surface area contributed by atoms with Crippen LogP contribution >= 0.6 is 23.2 Å². The van der Waals surface area contributed by atoms with Crippen LogP contribution < -0.4 is 10.1 Å². The largest absolute Gasteiger partial charge is 0.496 e. The van der Waals surface area contributed by atoms with Gasteiger partial charge in [0.25, 0.3) is 5.91 Å². The molecule has 0 saturated carbocycles. The van der Waals surface area contributed by atoms with Gasteiger partial charge in [-0.25, -0.2) is 0 Å². The molecule has 1 saturated heterocycles. The number of piperazine rings is 1. The fraction of sp³-hybridized carbons (Fsp3) is 0.300. The number of amides is 2. The molecule has 1 N–H and O–H groups in total. The third kappa shape index (κ3) is 4.95. The van der Waals surface area contributed by atoms with Crippen molar-refractivity contribution in [3.05, 3.63) is 58.1 Å². The Kier molecular flexibility index (Phi) is 6.78. The molecule has 2 aromatic carbocycles. The van der Waals surface area contributed by atoms with Crippen molar-refractivity contribution in [3.8, 4) is 5.75 Å².